The maximum atomic E-state index is 13.5. The summed E-state index contributed by atoms with van der Waals surface area (Å²) in [5, 5.41) is 0.536. The first-order valence-electron chi connectivity index (χ1n) is 10.3. The number of aliphatic imine (C=N–C) groups is 1. The van der Waals surface area contributed by atoms with Gasteiger partial charge in [0.25, 0.3) is 5.91 Å². The molecule has 8 heteroatoms. The van der Waals surface area contributed by atoms with Gasteiger partial charge in [-0.3, -0.25) is 19.7 Å². The molecule has 1 amide bonds. The highest BCUT2D eigenvalue weighted by Gasteiger charge is 2.56. The number of likely N-dealkylation sites (N-methyl/N-ethyl adjacent to an activating group) is 1. The number of aromatic nitrogens is 2. The fraction of sp³-hybridized carbons (Fsp3) is 0.250. The van der Waals surface area contributed by atoms with Gasteiger partial charge < -0.3 is 10.5 Å². The van der Waals surface area contributed by atoms with Gasteiger partial charge in [0, 0.05) is 55.8 Å². The smallest absolute Gasteiger partial charge is 0.261 e. The number of hydrogen-bond donors (Lipinski definition) is 1. The summed E-state index contributed by atoms with van der Waals surface area (Å²) in [4.78, 5) is 28.0. The molecule has 2 aliphatic rings. The van der Waals surface area contributed by atoms with Gasteiger partial charge in [-0.15, -0.1) is 0 Å². The molecule has 0 aliphatic carbocycles. The van der Waals surface area contributed by atoms with Crippen molar-refractivity contribution in [3.63, 3.8) is 0 Å². The fourth-order valence-electron chi connectivity index (χ4n) is 4.65. The summed E-state index contributed by atoms with van der Waals surface area (Å²) in [6, 6.07) is 11.5. The number of guanidine groups is 1. The van der Waals surface area contributed by atoms with Crippen LogP contribution in [0.5, 0.6) is 5.75 Å². The summed E-state index contributed by atoms with van der Waals surface area (Å²) in [5.41, 5.74) is 7.70. The van der Waals surface area contributed by atoms with Gasteiger partial charge in [0.2, 0.25) is 0 Å². The van der Waals surface area contributed by atoms with E-state index >= 15 is 0 Å². The molecule has 2 aromatic heterocycles. The van der Waals surface area contributed by atoms with E-state index in [1.807, 2.05) is 49.5 Å². The molecule has 1 spiro atoms. The zero-order valence-electron chi connectivity index (χ0n) is 17.7. The van der Waals surface area contributed by atoms with E-state index in [0.717, 1.165) is 16.7 Å². The topological polar surface area (TPSA) is 93.7 Å². The Hall–Kier alpha value is -3.45. The molecule has 0 bridgehead atoms. The molecule has 3 aromatic rings. The number of halogens is 1. The lowest BCUT2D eigenvalue weighted by atomic mass is 9.74. The van der Waals surface area contributed by atoms with E-state index in [9.17, 15) is 4.79 Å². The molecule has 162 valence electrons. The van der Waals surface area contributed by atoms with Crippen LogP contribution in [0.3, 0.4) is 0 Å². The van der Waals surface area contributed by atoms with Crippen LogP contribution in [0.25, 0.3) is 11.1 Å². The van der Waals surface area contributed by atoms with Gasteiger partial charge in [-0.05, 0) is 42.3 Å². The highest BCUT2D eigenvalue weighted by molar-refractivity contribution is 6.30. The number of carbonyl (C=O) groups is 1. The Morgan fingerprint density at radius 2 is 2.00 bits per heavy atom. The third kappa shape index (κ3) is 3.29. The number of ether oxygens (including phenoxy) is 1. The number of nitrogens with zero attached hydrogens (tertiary/aromatic N) is 4. The minimum Gasteiger partial charge on any atom is -0.487 e. The van der Waals surface area contributed by atoms with Crippen molar-refractivity contribution in [2.24, 2.45) is 10.7 Å². The third-order valence-corrected chi connectivity index (χ3v) is 6.26. The lowest BCUT2D eigenvalue weighted by Gasteiger charge is -2.43. The molecule has 1 unspecified atom stereocenters. The van der Waals surface area contributed by atoms with Crippen molar-refractivity contribution in [3.05, 3.63) is 77.3 Å². The molecular formula is C24H22ClN5O2. The van der Waals surface area contributed by atoms with E-state index in [2.05, 4.69) is 9.97 Å². The van der Waals surface area contributed by atoms with Gasteiger partial charge in [0.05, 0.1) is 5.02 Å². The molecular weight excluding hydrogens is 426 g/mol. The van der Waals surface area contributed by atoms with Crippen LogP contribution in [0, 0.1) is 0 Å². The van der Waals surface area contributed by atoms with Crippen LogP contribution in [0.1, 0.15) is 24.5 Å². The Labute approximate surface area is 190 Å². The van der Waals surface area contributed by atoms with Crippen LogP contribution < -0.4 is 10.5 Å². The van der Waals surface area contributed by atoms with E-state index < -0.39 is 11.1 Å². The Balaban J connectivity index is 1.65. The second-order valence-corrected chi connectivity index (χ2v) is 9.00. The van der Waals surface area contributed by atoms with Crippen molar-refractivity contribution >= 4 is 23.5 Å². The van der Waals surface area contributed by atoms with E-state index in [4.69, 9.17) is 27.1 Å². The quantitative estimate of drug-likeness (QED) is 0.662. The number of benzene rings is 1. The lowest BCUT2D eigenvalue weighted by Crippen LogP contribution is -2.51. The predicted octanol–water partition coefficient (Wildman–Crippen LogP) is 3.56. The second kappa shape index (κ2) is 7.31. The van der Waals surface area contributed by atoms with Crippen LogP contribution in [-0.4, -0.2) is 39.4 Å². The Morgan fingerprint density at radius 1 is 1.16 bits per heavy atom. The summed E-state index contributed by atoms with van der Waals surface area (Å²) in [6.07, 6.45) is 7.79. The number of fused-ring (bicyclic) bond motifs is 2. The zero-order chi connectivity index (χ0) is 22.5. The number of pyridine rings is 2. The number of hydrogen-bond acceptors (Lipinski definition) is 6. The fourth-order valence-corrected chi connectivity index (χ4v) is 4.83. The lowest BCUT2D eigenvalue weighted by molar-refractivity contribution is -0.133. The molecule has 2 N–H and O–H groups in total. The summed E-state index contributed by atoms with van der Waals surface area (Å²) < 4.78 is 6.49. The number of carbonyl (C=O) groups excluding carboxylic acids is 1. The highest BCUT2D eigenvalue weighted by Crippen LogP contribution is 2.50. The van der Waals surface area contributed by atoms with E-state index in [1.54, 1.807) is 25.6 Å². The van der Waals surface area contributed by atoms with E-state index in [0.29, 0.717) is 29.2 Å². The molecule has 0 saturated carbocycles. The van der Waals surface area contributed by atoms with Gasteiger partial charge in [0.1, 0.15) is 11.4 Å². The monoisotopic (exact) mass is 447 g/mol. The van der Waals surface area contributed by atoms with Crippen molar-refractivity contribution < 1.29 is 9.53 Å². The summed E-state index contributed by atoms with van der Waals surface area (Å²) >= 11 is 6.14. The predicted molar refractivity (Wildman–Crippen MR) is 122 cm³/mol. The maximum absolute atomic E-state index is 13.5. The van der Waals surface area contributed by atoms with Crippen molar-refractivity contribution in [3.8, 4) is 16.9 Å². The molecule has 1 aromatic carbocycles. The van der Waals surface area contributed by atoms with Crippen molar-refractivity contribution in [1.82, 2.24) is 14.9 Å². The second-order valence-electron chi connectivity index (χ2n) is 8.56. The van der Waals surface area contributed by atoms with Crippen LogP contribution in [0.15, 0.2) is 66.2 Å². The van der Waals surface area contributed by atoms with Gasteiger partial charge in [0.15, 0.2) is 11.5 Å². The standard InChI is InChI=1S/C24H22ClN5O2/c1-23(10-15-4-3-7-27-11-15)14-24(21(31)30(2)22(26)29-24)19-9-16(5-6-20(19)32-23)17-8-18(25)13-28-12-17/h3-9,11-13H,10,14H2,1-2H3,(H2,26,29)/t23-,24?/m0/s1. The number of amides is 1. The first-order chi connectivity index (χ1) is 15.3. The minimum atomic E-state index is -1.16. The van der Waals surface area contributed by atoms with Crippen LogP contribution in [-0.2, 0) is 16.8 Å². The van der Waals surface area contributed by atoms with Crippen molar-refractivity contribution in [2.45, 2.75) is 30.9 Å². The van der Waals surface area contributed by atoms with Gasteiger partial charge in [-0.25, -0.2) is 4.99 Å². The first kappa shape index (κ1) is 20.5. The molecule has 0 fully saturated rings. The molecule has 2 atom stereocenters. The Bertz CT molecular complexity index is 1250. The highest BCUT2D eigenvalue weighted by atomic mass is 35.5. The normalized spacial score (nSPS) is 24.3. The minimum absolute atomic E-state index is 0.168. The van der Waals surface area contributed by atoms with Crippen LogP contribution in [0.2, 0.25) is 5.02 Å². The number of nitrogens with two attached hydrogens (primary N) is 1. The van der Waals surface area contributed by atoms with Crippen molar-refractivity contribution in [1.29, 1.82) is 0 Å². The SMILES string of the molecule is CN1C(=O)C2(C[C@](C)(Cc3cccnc3)Oc3ccc(-c4cncc(Cl)c4)cc32)N=C1N. The molecule has 5 rings (SSSR count). The average Bonchev–Trinajstić information content (AvgIpc) is 2.97. The molecule has 0 radical (unpaired) electrons. The van der Waals surface area contributed by atoms with Gasteiger partial charge >= 0.3 is 0 Å². The zero-order valence-corrected chi connectivity index (χ0v) is 18.5. The summed E-state index contributed by atoms with van der Waals surface area (Å²) in [6.45, 7) is 2.00. The first-order valence-corrected chi connectivity index (χ1v) is 10.6. The largest absolute Gasteiger partial charge is 0.487 e. The average molecular weight is 448 g/mol. The Kier molecular flexibility index (Phi) is 4.67. The van der Waals surface area contributed by atoms with Crippen LogP contribution in [0.4, 0.5) is 0 Å². The molecule has 32 heavy (non-hydrogen) atoms. The molecule has 4 heterocycles. The van der Waals surface area contributed by atoms with Gasteiger partial charge in [-0.1, -0.05) is 23.7 Å². The summed E-state index contributed by atoms with van der Waals surface area (Å²) in [7, 11) is 1.65. The molecule has 7 nitrogen and oxygen atoms in total. The van der Waals surface area contributed by atoms with E-state index in [-0.39, 0.29) is 11.9 Å². The third-order valence-electron chi connectivity index (χ3n) is 6.06. The maximum Gasteiger partial charge on any atom is 0.261 e. The van der Waals surface area contributed by atoms with Crippen molar-refractivity contribution in [2.75, 3.05) is 7.05 Å². The molecule has 0 saturated heterocycles. The summed E-state index contributed by atoms with van der Waals surface area (Å²) in [5.74, 6) is 0.640. The van der Waals surface area contributed by atoms with Gasteiger partial charge in [-0.2, -0.15) is 0 Å². The van der Waals surface area contributed by atoms with Crippen LogP contribution >= 0.6 is 11.6 Å². The Morgan fingerprint density at radius 3 is 2.69 bits per heavy atom. The van der Waals surface area contributed by atoms with E-state index in [1.165, 1.54) is 4.90 Å². The molecule has 2 aliphatic heterocycles. The number of rotatable bonds is 3.